The molecule has 152 valence electrons. The van der Waals surface area contributed by atoms with Gasteiger partial charge < -0.3 is 0 Å². The van der Waals surface area contributed by atoms with E-state index in [1.54, 1.807) is 16.7 Å². The lowest BCUT2D eigenvalue weighted by molar-refractivity contribution is -0.384. The molecule has 8 heteroatoms. The summed E-state index contributed by atoms with van der Waals surface area (Å²) in [6, 6.07) is 23.2. The number of aromatic nitrogens is 3. The van der Waals surface area contributed by atoms with E-state index in [1.807, 2.05) is 61.5 Å². The Balaban J connectivity index is 1.73. The molecular formula is C23H17N5O3. The van der Waals surface area contributed by atoms with Gasteiger partial charge in [-0.05, 0) is 37.3 Å². The van der Waals surface area contributed by atoms with Gasteiger partial charge in [0.05, 0.1) is 27.2 Å². The van der Waals surface area contributed by atoms with E-state index >= 15 is 0 Å². The van der Waals surface area contributed by atoms with Crippen LogP contribution >= 0.6 is 0 Å². The number of anilines is 1. The van der Waals surface area contributed by atoms with Crippen molar-refractivity contribution in [2.45, 2.75) is 6.92 Å². The minimum Gasteiger partial charge on any atom is -0.278 e. The molecule has 0 saturated heterocycles. The predicted molar refractivity (Wildman–Crippen MR) is 120 cm³/mol. The summed E-state index contributed by atoms with van der Waals surface area (Å²) in [5, 5.41) is 16.9. The number of nitro benzene ring substituents is 1. The maximum absolute atomic E-state index is 13.6. The number of nitro groups is 1. The van der Waals surface area contributed by atoms with Gasteiger partial charge in [0.2, 0.25) is 0 Å². The van der Waals surface area contributed by atoms with Crippen LogP contribution in [0.4, 0.5) is 11.4 Å². The highest BCUT2D eigenvalue weighted by Crippen LogP contribution is 2.26. The fourth-order valence-electron chi connectivity index (χ4n) is 3.76. The van der Waals surface area contributed by atoms with Gasteiger partial charge >= 0.3 is 0 Å². The van der Waals surface area contributed by atoms with Crippen molar-refractivity contribution in [2.24, 2.45) is 0 Å². The third-order valence-electron chi connectivity index (χ3n) is 5.26. The Hall–Kier alpha value is -4.46. The largest absolute Gasteiger partial charge is 0.278 e. The molecule has 2 heterocycles. The molecule has 0 amide bonds. The molecule has 0 spiro atoms. The molecule has 1 N–H and O–H groups in total. The highest BCUT2D eigenvalue weighted by molar-refractivity contribution is 6.04. The summed E-state index contributed by atoms with van der Waals surface area (Å²) in [5.41, 5.74) is 6.37. The van der Waals surface area contributed by atoms with Gasteiger partial charge in [-0.15, -0.1) is 0 Å². The van der Waals surface area contributed by atoms with Crippen LogP contribution in [-0.4, -0.2) is 19.4 Å². The predicted octanol–water partition coefficient (Wildman–Crippen LogP) is 4.43. The molecule has 0 fully saturated rings. The highest BCUT2D eigenvalue weighted by Gasteiger charge is 2.19. The summed E-state index contributed by atoms with van der Waals surface area (Å²) in [4.78, 5) is 25.5. The molecule has 0 atom stereocenters. The number of aryl methyl sites for hydroxylation is 1. The number of hydrogen-bond acceptors (Lipinski definition) is 5. The van der Waals surface area contributed by atoms with Crippen LogP contribution in [0.2, 0.25) is 0 Å². The number of para-hydroxylation sites is 2. The van der Waals surface area contributed by atoms with Crippen molar-refractivity contribution in [3.8, 4) is 5.69 Å². The van der Waals surface area contributed by atoms with Crippen LogP contribution in [0.15, 0.2) is 83.7 Å². The van der Waals surface area contributed by atoms with Crippen LogP contribution in [0.25, 0.3) is 27.5 Å². The van der Waals surface area contributed by atoms with E-state index in [0.717, 1.165) is 16.6 Å². The number of hydrogen-bond donors (Lipinski definition) is 1. The molecule has 0 unspecified atom stereocenters. The van der Waals surface area contributed by atoms with E-state index in [2.05, 4.69) is 10.5 Å². The maximum Gasteiger partial charge on any atom is 0.269 e. The fourth-order valence-corrected chi connectivity index (χ4v) is 3.76. The van der Waals surface area contributed by atoms with Gasteiger partial charge in [-0.25, -0.2) is 0 Å². The van der Waals surface area contributed by atoms with E-state index in [-0.39, 0.29) is 11.2 Å². The van der Waals surface area contributed by atoms with Crippen LogP contribution in [-0.2, 0) is 0 Å². The van der Waals surface area contributed by atoms with Gasteiger partial charge in [-0.2, -0.15) is 9.89 Å². The lowest BCUT2D eigenvalue weighted by Crippen LogP contribution is -2.19. The Bertz CT molecular complexity index is 1500. The van der Waals surface area contributed by atoms with Crippen molar-refractivity contribution >= 4 is 33.2 Å². The first-order valence-electron chi connectivity index (χ1n) is 9.64. The summed E-state index contributed by atoms with van der Waals surface area (Å²) in [6.07, 6.45) is 0. The summed E-state index contributed by atoms with van der Waals surface area (Å²) < 4.78 is 1.70. The van der Waals surface area contributed by atoms with Gasteiger partial charge in [0.15, 0.2) is 0 Å². The van der Waals surface area contributed by atoms with Gasteiger partial charge in [-0.1, -0.05) is 36.4 Å². The lowest BCUT2D eigenvalue weighted by atomic mass is 10.1. The van der Waals surface area contributed by atoms with Gasteiger partial charge in [0, 0.05) is 23.2 Å². The Kier molecular flexibility index (Phi) is 4.25. The topological polar surface area (TPSA) is 95.0 Å². The normalized spacial score (nSPS) is 11.1. The van der Waals surface area contributed by atoms with Crippen LogP contribution in [0, 0.1) is 17.0 Å². The standard InChI is InChI=1S/C23H17N5O3/c1-15-21-22(25-27(15)24-16-11-13-18(14-12-16)28(30)31)19-9-5-6-10-20(19)26(23(21)29)17-7-3-2-4-8-17/h2-14,24H,1H3. The Morgan fingerprint density at radius 1 is 0.935 bits per heavy atom. The minimum atomic E-state index is -0.449. The second kappa shape index (κ2) is 7.10. The number of nitrogens with one attached hydrogen (secondary N) is 1. The number of benzene rings is 3. The zero-order valence-electron chi connectivity index (χ0n) is 16.5. The molecule has 5 rings (SSSR count). The summed E-state index contributed by atoms with van der Waals surface area (Å²) in [6.45, 7) is 1.82. The van der Waals surface area contributed by atoms with Crippen molar-refractivity contribution in [1.29, 1.82) is 0 Å². The van der Waals surface area contributed by atoms with Crippen molar-refractivity contribution < 1.29 is 4.92 Å². The van der Waals surface area contributed by atoms with Crippen molar-refractivity contribution in [1.82, 2.24) is 14.5 Å². The van der Waals surface area contributed by atoms with Crippen LogP contribution in [0.3, 0.4) is 0 Å². The van der Waals surface area contributed by atoms with E-state index in [1.165, 1.54) is 16.9 Å². The molecule has 0 saturated carbocycles. The average molecular weight is 411 g/mol. The molecule has 0 aliphatic carbocycles. The summed E-state index contributed by atoms with van der Waals surface area (Å²) >= 11 is 0. The van der Waals surface area contributed by atoms with E-state index in [0.29, 0.717) is 22.3 Å². The molecule has 8 nitrogen and oxygen atoms in total. The van der Waals surface area contributed by atoms with Crippen molar-refractivity contribution in [3.63, 3.8) is 0 Å². The lowest BCUT2D eigenvalue weighted by Gasteiger charge is -2.11. The summed E-state index contributed by atoms with van der Waals surface area (Å²) in [5.74, 6) is 0. The monoisotopic (exact) mass is 411 g/mol. The second-order valence-corrected chi connectivity index (χ2v) is 7.13. The maximum atomic E-state index is 13.6. The first-order valence-corrected chi connectivity index (χ1v) is 9.64. The van der Waals surface area contributed by atoms with Gasteiger partial charge in [-0.3, -0.25) is 24.9 Å². The zero-order chi connectivity index (χ0) is 21.5. The van der Waals surface area contributed by atoms with E-state index in [9.17, 15) is 14.9 Å². The molecule has 0 bridgehead atoms. The Labute approximate surface area is 176 Å². The second-order valence-electron chi connectivity index (χ2n) is 7.13. The van der Waals surface area contributed by atoms with Crippen LogP contribution in [0.1, 0.15) is 5.69 Å². The first kappa shape index (κ1) is 18.6. The summed E-state index contributed by atoms with van der Waals surface area (Å²) in [7, 11) is 0. The molecule has 5 aromatic rings. The number of fused-ring (bicyclic) bond motifs is 3. The number of pyridine rings is 1. The van der Waals surface area contributed by atoms with E-state index < -0.39 is 4.92 Å². The highest BCUT2D eigenvalue weighted by atomic mass is 16.6. The Morgan fingerprint density at radius 3 is 2.32 bits per heavy atom. The average Bonchev–Trinajstić information content (AvgIpc) is 3.11. The van der Waals surface area contributed by atoms with Crippen LogP contribution in [0.5, 0.6) is 0 Å². The molecule has 31 heavy (non-hydrogen) atoms. The van der Waals surface area contributed by atoms with Gasteiger partial charge in [0.25, 0.3) is 11.2 Å². The molecule has 0 aliphatic rings. The zero-order valence-corrected chi connectivity index (χ0v) is 16.5. The third kappa shape index (κ3) is 3.01. The molecule has 0 radical (unpaired) electrons. The third-order valence-corrected chi connectivity index (χ3v) is 5.26. The SMILES string of the molecule is Cc1c2c(=O)n(-c3ccccc3)c3ccccc3c2nn1Nc1ccc([N+](=O)[O-])cc1. The Morgan fingerprint density at radius 2 is 1.61 bits per heavy atom. The number of rotatable bonds is 4. The smallest absolute Gasteiger partial charge is 0.269 e. The first-order chi connectivity index (χ1) is 15.0. The number of nitrogens with zero attached hydrogens (tertiary/aromatic N) is 4. The number of non-ortho nitro benzene ring substituents is 1. The molecule has 0 aliphatic heterocycles. The molecule has 3 aromatic carbocycles. The molecular weight excluding hydrogens is 394 g/mol. The molecule has 2 aromatic heterocycles. The van der Waals surface area contributed by atoms with Crippen molar-refractivity contribution in [2.75, 3.05) is 5.43 Å². The van der Waals surface area contributed by atoms with Crippen LogP contribution < -0.4 is 11.0 Å². The van der Waals surface area contributed by atoms with Gasteiger partial charge in [0.1, 0.15) is 5.52 Å². The van der Waals surface area contributed by atoms with Crippen molar-refractivity contribution in [3.05, 3.63) is 105 Å². The van der Waals surface area contributed by atoms with E-state index in [4.69, 9.17) is 0 Å². The fraction of sp³-hybridized carbons (Fsp3) is 0.0435. The quantitative estimate of drug-likeness (QED) is 0.349. The minimum absolute atomic E-state index is 0.00430.